The summed E-state index contributed by atoms with van der Waals surface area (Å²) in [4.78, 5) is 21.8. The molecule has 2 aliphatic carbocycles. The van der Waals surface area contributed by atoms with E-state index in [0.29, 0.717) is 12.8 Å². The molecule has 2 rings (SSSR count). The van der Waals surface area contributed by atoms with Gasteiger partial charge in [0.05, 0.1) is 23.0 Å². The van der Waals surface area contributed by atoms with Gasteiger partial charge in [-0.1, -0.05) is 19.3 Å². The number of hydrogen-bond acceptors (Lipinski definition) is 5. The van der Waals surface area contributed by atoms with Crippen molar-refractivity contribution in [1.29, 1.82) is 0 Å². The van der Waals surface area contributed by atoms with Gasteiger partial charge >= 0.3 is 59.1 Å². The SMILES string of the molecule is O=C([O-])C1(C(=O)[O-])CC1C1(O)CCCCC1.[Na+].[Na+]. The first-order chi connectivity index (χ1) is 7.43. The molecule has 0 radical (unpaired) electrons. The molecule has 0 heterocycles. The minimum absolute atomic E-state index is 0. The Kier molecular flexibility index (Phi) is 6.90. The van der Waals surface area contributed by atoms with Crippen LogP contribution in [-0.2, 0) is 9.59 Å². The first-order valence-electron chi connectivity index (χ1n) is 5.59. The zero-order valence-electron chi connectivity index (χ0n) is 10.9. The fraction of sp³-hybridized carbons (Fsp3) is 0.818. The predicted molar refractivity (Wildman–Crippen MR) is 48.6 cm³/mol. The van der Waals surface area contributed by atoms with Crippen molar-refractivity contribution in [1.82, 2.24) is 0 Å². The molecule has 0 aromatic rings. The van der Waals surface area contributed by atoms with Gasteiger partial charge in [0.15, 0.2) is 0 Å². The van der Waals surface area contributed by atoms with Crippen molar-refractivity contribution < 1.29 is 84.0 Å². The second kappa shape index (κ2) is 6.57. The van der Waals surface area contributed by atoms with Crippen LogP contribution in [0.4, 0.5) is 0 Å². The van der Waals surface area contributed by atoms with Crippen LogP contribution in [0, 0.1) is 11.3 Å². The molecular weight excluding hydrogens is 258 g/mol. The fourth-order valence-electron chi connectivity index (χ4n) is 2.96. The molecule has 0 aliphatic heterocycles. The number of aliphatic carboxylic acids is 2. The number of carboxylic acid groups (broad SMARTS) is 2. The molecule has 7 heteroatoms. The first kappa shape index (κ1) is 18.9. The molecule has 0 aromatic heterocycles. The van der Waals surface area contributed by atoms with Crippen LogP contribution >= 0.6 is 0 Å². The molecule has 2 fully saturated rings. The van der Waals surface area contributed by atoms with Crippen LogP contribution in [0.15, 0.2) is 0 Å². The third-order valence-electron chi connectivity index (χ3n) is 4.06. The zero-order chi connectivity index (χ0) is 12.0. The Morgan fingerprint density at radius 2 is 1.44 bits per heavy atom. The van der Waals surface area contributed by atoms with Crippen LogP contribution in [0.1, 0.15) is 38.5 Å². The summed E-state index contributed by atoms with van der Waals surface area (Å²) in [6, 6.07) is 0. The summed E-state index contributed by atoms with van der Waals surface area (Å²) in [6.07, 6.45) is 3.50. The van der Waals surface area contributed by atoms with Crippen molar-refractivity contribution >= 4 is 11.9 Å². The Bertz CT molecular complexity index is 324. The molecule has 2 aliphatic rings. The molecule has 1 atom stereocenters. The predicted octanol–water partition coefficient (Wildman–Crippen LogP) is -7.80. The Hall–Kier alpha value is 0.900. The molecule has 0 bridgehead atoms. The smallest absolute Gasteiger partial charge is 0.549 e. The number of carbonyl (C=O) groups is 2. The fourth-order valence-corrected chi connectivity index (χ4v) is 2.96. The van der Waals surface area contributed by atoms with E-state index in [1.54, 1.807) is 0 Å². The summed E-state index contributed by atoms with van der Waals surface area (Å²) in [7, 11) is 0. The van der Waals surface area contributed by atoms with Gasteiger partial charge in [-0.15, -0.1) is 0 Å². The topological polar surface area (TPSA) is 100 Å². The Labute approximate surface area is 150 Å². The number of hydrogen-bond donors (Lipinski definition) is 1. The van der Waals surface area contributed by atoms with Crippen molar-refractivity contribution in [2.75, 3.05) is 0 Å². The van der Waals surface area contributed by atoms with Crippen molar-refractivity contribution in [2.24, 2.45) is 11.3 Å². The van der Waals surface area contributed by atoms with E-state index in [1.807, 2.05) is 0 Å². The van der Waals surface area contributed by atoms with Gasteiger partial charge in [-0.2, -0.15) is 0 Å². The summed E-state index contributed by atoms with van der Waals surface area (Å²) >= 11 is 0. The van der Waals surface area contributed by atoms with Gasteiger partial charge in [-0.25, -0.2) is 0 Å². The van der Waals surface area contributed by atoms with Crippen LogP contribution in [-0.4, -0.2) is 22.6 Å². The van der Waals surface area contributed by atoms with Crippen LogP contribution < -0.4 is 69.3 Å². The average Bonchev–Trinajstić information content (AvgIpc) is 2.95. The van der Waals surface area contributed by atoms with E-state index in [2.05, 4.69) is 0 Å². The van der Waals surface area contributed by atoms with E-state index in [4.69, 9.17) is 0 Å². The largest absolute Gasteiger partial charge is 1.00 e. The standard InChI is InChI=1S/C11H16O5.2Na/c12-8(13)11(9(14)15)6-7(11)10(16)4-2-1-3-5-10;;/h7,16H,1-6H2,(H,12,13)(H,14,15);;/q;2*+1/p-2. The second-order valence-electron chi connectivity index (χ2n) is 4.97. The van der Waals surface area contributed by atoms with E-state index in [9.17, 15) is 24.9 Å². The molecule has 5 nitrogen and oxygen atoms in total. The maximum absolute atomic E-state index is 10.9. The number of carbonyl (C=O) groups excluding carboxylic acids is 2. The van der Waals surface area contributed by atoms with Gasteiger partial charge in [0.1, 0.15) is 0 Å². The molecule has 0 saturated heterocycles. The van der Waals surface area contributed by atoms with E-state index in [1.165, 1.54) is 0 Å². The summed E-state index contributed by atoms with van der Waals surface area (Å²) in [5, 5.41) is 32.0. The maximum Gasteiger partial charge on any atom is 1.00 e. The molecule has 0 aromatic carbocycles. The van der Waals surface area contributed by atoms with Gasteiger partial charge in [-0.05, 0) is 19.3 Å². The number of carboxylic acids is 2. The summed E-state index contributed by atoms with van der Waals surface area (Å²) < 4.78 is 0. The summed E-state index contributed by atoms with van der Waals surface area (Å²) in [5.41, 5.74) is -3.11. The van der Waals surface area contributed by atoms with Crippen LogP contribution in [0.2, 0.25) is 0 Å². The van der Waals surface area contributed by atoms with Gasteiger partial charge in [0.2, 0.25) is 0 Å². The molecule has 0 amide bonds. The van der Waals surface area contributed by atoms with Gasteiger partial charge < -0.3 is 24.9 Å². The molecule has 0 spiro atoms. The van der Waals surface area contributed by atoms with Crippen LogP contribution in [0.5, 0.6) is 0 Å². The van der Waals surface area contributed by atoms with Crippen LogP contribution in [0.3, 0.4) is 0 Å². The Balaban J connectivity index is 0.00000144. The number of aliphatic hydroxyl groups is 1. The molecule has 1 N–H and O–H groups in total. The van der Waals surface area contributed by atoms with Gasteiger partial charge in [0, 0.05) is 5.92 Å². The monoisotopic (exact) mass is 272 g/mol. The zero-order valence-corrected chi connectivity index (χ0v) is 14.9. The third-order valence-corrected chi connectivity index (χ3v) is 4.06. The quantitative estimate of drug-likeness (QED) is 0.406. The summed E-state index contributed by atoms with van der Waals surface area (Å²) in [5.74, 6) is -4.00. The van der Waals surface area contributed by atoms with Crippen molar-refractivity contribution in [2.45, 2.75) is 44.1 Å². The minimum Gasteiger partial charge on any atom is -0.549 e. The molecular formula is C11H14Na2O5. The van der Waals surface area contributed by atoms with E-state index < -0.39 is 28.9 Å². The Morgan fingerprint density at radius 3 is 1.78 bits per heavy atom. The van der Waals surface area contributed by atoms with E-state index >= 15 is 0 Å². The molecule has 90 valence electrons. The maximum atomic E-state index is 10.9. The van der Waals surface area contributed by atoms with E-state index in [-0.39, 0.29) is 65.5 Å². The molecule has 2 saturated carbocycles. The molecule has 18 heavy (non-hydrogen) atoms. The normalized spacial score (nSPS) is 27.3. The Morgan fingerprint density at radius 1 is 1.00 bits per heavy atom. The minimum atomic E-state index is -1.95. The van der Waals surface area contributed by atoms with Gasteiger partial charge in [-0.3, -0.25) is 0 Å². The van der Waals surface area contributed by atoms with Gasteiger partial charge in [0.25, 0.3) is 0 Å². The second-order valence-corrected chi connectivity index (χ2v) is 4.97. The first-order valence-corrected chi connectivity index (χ1v) is 5.59. The van der Waals surface area contributed by atoms with Crippen molar-refractivity contribution in [3.8, 4) is 0 Å². The van der Waals surface area contributed by atoms with E-state index in [0.717, 1.165) is 19.3 Å². The third kappa shape index (κ3) is 2.97. The average molecular weight is 272 g/mol. The van der Waals surface area contributed by atoms with Crippen molar-refractivity contribution in [3.05, 3.63) is 0 Å². The molecule has 1 unspecified atom stereocenters. The van der Waals surface area contributed by atoms with Crippen molar-refractivity contribution in [3.63, 3.8) is 0 Å². The summed E-state index contributed by atoms with van der Waals surface area (Å²) in [6.45, 7) is 0. The number of rotatable bonds is 3. The van der Waals surface area contributed by atoms with Crippen LogP contribution in [0.25, 0.3) is 0 Å².